The van der Waals surface area contributed by atoms with E-state index in [2.05, 4.69) is 13.8 Å². The molecular formula is C16H35O6P. The normalized spacial score (nSPS) is 16.9. The van der Waals surface area contributed by atoms with Gasteiger partial charge in [-0.25, -0.2) is 4.57 Å². The summed E-state index contributed by atoms with van der Waals surface area (Å²) in [5.41, 5.74) is 0. The zero-order chi connectivity index (χ0) is 17.6. The summed E-state index contributed by atoms with van der Waals surface area (Å²) in [6.07, 6.45) is 7.04. The van der Waals surface area contributed by atoms with Crippen LogP contribution >= 0.6 is 7.82 Å². The van der Waals surface area contributed by atoms with Crippen LogP contribution in [0.25, 0.3) is 0 Å². The molecule has 0 radical (unpaired) electrons. The Labute approximate surface area is 141 Å². The predicted molar refractivity (Wildman–Crippen MR) is 91.1 cm³/mol. The Bertz CT molecular complexity index is 287. The molecule has 6 nitrogen and oxygen atoms in total. The summed E-state index contributed by atoms with van der Waals surface area (Å²) < 4.78 is 32.5. The van der Waals surface area contributed by atoms with Gasteiger partial charge in [-0.15, -0.1) is 0 Å². The maximum absolute atomic E-state index is 11.9. The molecule has 1 N–H and O–H groups in total. The second-order valence-corrected chi connectivity index (χ2v) is 7.04. The van der Waals surface area contributed by atoms with Crippen LogP contribution in [0, 0.1) is 0 Å². The highest BCUT2D eigenvalue weighted by Crippen LogP contribution is 2.46. The van der Waals surface area contributed by atoms with Gasteiger partial charge in [-0.3, -0.25) is 9.05 Å². The van der Waals surface area contributed by atoms with Crippen molar-refractivity contribution >= 4 is 7.82 Å². The molecule has 140 valence electrons. The molecule has 0 aliphatic rings. The lowest BCUT2D eigenvalue weighted by Crippen LogP contribution is -2.17. The van der Waals surface area contributed by atoms with Crippen LogP contribution in [-0.2, 0) is 23.1 Å². The van der Waals surface area contributed by atoms with E-state index in [1.165, 1.54) is 0 Å². The Morgan fingerprint density at radius 3 is 1.52 bits per heavy atom. The fourth-order valence-electron chi connectivity index (χ4n) is 2.02. The van der Waals surface area contributed by atoms with Gasteiger partial charge in [0.05, 0.1) is 0 Å². The van der Waals surface area contributed by atoms with Gasteiger partial charge in [0.1, 0.15) is 0 Å². The second kappa shape index (κ2) is 14.4. The molecule has 0 aromatic heterocycles. The second-order valence-electron chi connectivity index (χ2n) is 5.68. The highest BCUT2D eigenvalue weighted by molar-refractivity contribution is 7.47. The highest BCUT2D eigenvalue weighted by atomic mass is 31.2. The van der Waals surface area contributed by atoms with Crippen molar-refractivity contribution in [3.05, 3.63) is 0 Å². The average molecular weight is 354 g/mol. The van der Waals surface area contributed by atoms with Crippen LogP contribution in [0.15, 0.2) is 0 Å². The van der Waals surface area contributed by atoms with Gasteiger partial charge in [0.15, 0.2) is 12.6 Å². The molecule has 2 atom stereocenters. The van der Waals surface area contributed by atoms with E-state index in [1.807, 2.05) is 0 Å². The van der Waals surface area contributed by atoms with Gasteiger partial charge in [0.2, 0.25) is 0 Å². The van der Waals surface area contributed by atoms with Gasteiger partial charge >= 0.3 is 7.82 Å². The molecule has 0 bridgehead atoms. The van der Waals surface area contributed by atoms with E-state index in [0.29, 0.717) is 13.2 Å². The fourth-order valence-corrected chi connectivity index (χ4v) is 2.94. The van der Waals surface area contributed by atoms with Crippen LogP contribution in [0.1, 0.15) is 79.1 Å². The Kier molecular flexibility index (Phi) is 14.4. The predicted octanol–water partition coefficient (Wildman–Crippen LogP) is 5.01. The van der Waals surface area contributed by atoms with Gasteiger partial charge in [0, 0.05) is 13.2 Å². The zero-order valence-corrected chi connectivity index (χ0v) is 16.1. The van der Waals surface area contributed by atoms with Crippen molar-refractivity contribution in [1.82, 2.24) is 0 Å². The topological polar surface area (TPSA) is 74.2 Å². The van der Waals surface area contributed by atoms with Crippen LogP contribution in [-0.4, -0.2) is 30.7 Å². The number of phosphoric acid groups is 1. The lowest BCUT2D eigenvalue weighted by Gasteiger charge is -2.21. The minimum atomic E-state index is -4.18. The monoisotopic (exact) mass is 354 g/mol. The molecule has 0 aliphatic carbocycles. The number of hydrogen-bond donors (Lipinski definition) is 1. The van der Waals surface area contributed by atoms with E-state index >= 15 is 0 Å². The van der Waals surface area contributed by atoms with Gasteiger partial charge in [-0.2, -0.15) is 0 Å². The van der Waals surface area contributed by atoms with E-state index in [1.54, 1.807) is 13.8 Å². The Morgan fingerprint density at radius 1 is 0.783 bits per heavy atom. The third kappa shape index (κ3) is 15.3. The molecule has 0 heterocycles. The molecule has 0 aromatic rings. The summed E-state index contributed by atoms with van der Waals surface area (Å²) in [6.45, 7) is 8.46. The lowest BCUT2D eigenvalue weighted by molar-refractivity contribution is -0.118. The first-order chi connectivity index (χ1) is 10.9. The summed E-state index contributed by atoms with van der Waals surface area (Å²) in [7, 11) is -4.18. The highest BCUT2D eigenvalue weighted by Gasteiger charge is 2.28. The van der Waals surface area contributed by atoms with Crippen LogP contribution in [0.2, 0.25) is 0 Å². The van der Waals surface area contributed by atoms with Crippen molar-refractivity contribution in [1.29, 1.82) is 0 Å². The summed E-state index contributed by atoms with van der Waals surface area (Å²) in [4.78, 5) is 9.69. The largest absolute Gasteiger partial charge is 0.476 e. The van der Waals surface area contributed by atoms with E-state index in [4.69, 9.17) is 18.5 Å². The van der Waals surface area contributed by atoms with Crippen LogP contribution in [0.5, 0.6) is 0 Å². The fraction of sp³-hybridized carbons (Fsp3) is 1.00. The van der Waals surface area contributed by atoms with E-state index in [9.17, 15) is 9.46 Å². The average Bonchev–Trinajstić information content (AvgIpc) is 2.45. The summed E-state index contributed by atoms with van der Waals surface area (Å²) >= 11 is 0. The Balaban J connectivity index is 3.81. The molecule has 0 amide bonds. The maximum atomic E-state index is 11.9. The van der Waals surface area contributed by atoms with E-state index < -0.39 is 20.4 Å². The summed E-state index contributed by atoms with van der Waals surface area (Å²) in [6, 6.07) is 0. The van der Waals surface area contributed by atoms with Crippen molar-refractivity contribution < 1.29 is 28.0 Å². The van der Waals surface area contributed by atoms with E-state index in [-0.39, 0.29) is 0 Å². The van der Waals surface area contributed by atoms with Crippen molar-refractivity contribution in [3.63, 3.8) is 0 Å². The van der Waals surface area contributed by atoms with Crippen molar-refractivity contribution in [2.24, 2.45) is 0 Å². The number of ether oxygens (including phenoxy) is 2. The van der Waals surface area contributed by atoms with Crippen LogP contribution in [0.3, 0.4) is 0 Å². The van der Waals surface area contributed by atoms with Gasteiger partial charge in [0.25, 0.3) is 0 Å². The lowest BCUT2D eigenvalue weighted by atomic mass is 10.2. The molecule has 0 fully saturated rings. The first-order valence-corrected chi connectivity index (χ1v) is 10.3. The molecule has 2 unspecified atom stereocenters. The molecular weight excluding hydrogens is 319 g/mol. The van der Waals surface area contributed by atoms with Crippen LogP contribution in [0.4, 0.5) is 0 Å². The SMILES string of the molecule is CCCCCCOC(C)OP(=O)(O)OC(C)OCCCCCC. The summed E-state index contributed by atoms with van der Waals surface area (Å²) in [5.74, 6) is 0. The minimum absolute atomic E-state index is 0.505. The van der Waals surface area contributed by atoms with Crippen molar-refractivity contribution in [2.75, 3.05) is 13.2 Å². The molecule has 0 aliphatic heterocycles. The third-order valence-electron chi connectivity index (χ3n) is 3.26. The van der Waals surface area contributed by atoms with Crippen molar-refractivity contribution in [3.8, 4) is 0 Å². The molecule has 0 saturated heterocycles. The first-order valence-electron chi connectivity index (χ1n) is 8.84. The van der Waals surface area contributed by atoms with Gasteiger partial charge < -0.3 is 14.4 Å². The Hall–Kier alpha value is 0.0300. The zero-order valence-electron chi connectivity index (χ0n) is 15.2. The van der Waals surface area contributed by atoms with Crippen molar-refractivity contribution in [2.45, 2.75) is 91.6 Å². The standard InChI is InChI=1S/C16H35O6P/c1-5-7-9-11-13-19-15(3)21-23(17,18)22-16(4)20-14-12-10-8-6-2/h15-16H,5-14H2,1-4H3,(H,17,18). The quantitative estimate of drug-likeness (QED) is 0.239. The number of rotatable bonds is 16. The molecule has 0 aromatic carbocycles. The molecule has 0 saturated carbocycles. The third-order valence-corrected chi connectivity index (χ3v) is 4.39. The Morgan fingerprint density at radius 2 is 1.17 bits per heavy atom. The first kappa shape index (κ1) is 23.0. The molecule has 0 rings (SSSR count). The molecule has 7 heteroatoms. The minimum Gasteiger partial charge on any atom is -0.352 e. The number of phosphoric ester groups is 1. The van der Waals surface area contributed by atoms with Gasteiger partial charge in [-0.05, 0) is 26.7 Å². The molecule has 0 spiro atoms. The van der Waals surface area contributed by atoms with E-state index in [0.717, 1.165) is 51.4 Å². The number of hydrogen-bond acceptors (Lipinski definition) is 5. The summed E-state index contributed by atoms with van der Waals surface area (Å²) in [5, 5.41) is 0. The maximum Gasteiger partial charge on any atom is 0.476 e. The van der Waals surface area contributed by atoms with Gasteiger partial charge in [-0.1, -0.05) is 52.4 Å². The smallest absolute Gasteiger partial charge is 0.352 e. The van der Waals surface area contributed by atoms with Crippen LogP contribution < -0.4 is 0 Å². The number of unbranched alkanes of at least 4 members (excludes halogenated alkanes) is 6. The molecule has 23 heavy (non-hydrogen) atoms.